The fraction of sp³-hybridized carbons (Fsp3) is 0.455. The molecule has 1 aliphatic carbocycles. The molecule has 0 aromatic heterocycles. The second-order valence-electron chi connectivity index (χ2n) is 4.58. The molecule has 6 heteroatoms. The monoisotopic (exact) mass is 255 g/mol. The first-order valence-corrected chi connectivity index (χ1v) is 7.98. The van der Waals surface area contributed by atoms with Crippen LogP contribution >= 0.6 is 7.14 Å². The SMILES string of the molecule is CP(C)(=O)c1ccc([N+](=O)[O-])c(OC2CC2)c1. The van der Waals surface area contributed by atoms with E-state index in [0.717, 1.165) is 12.8 Å². The van der Waals surface area contributed by atoms with E-state index in [2.05, 4.69) is 0 Å². The van der Waals surface area contributed by atoms with E-state index < -0.39 is 12.1 Å². The van der Waals surface area contributed by atoms with Crippen LogP contribution in [0.4, 0.5) is 5.69 Å². The molecule has 1 fully saturated rings. The van der Waals surface area contributed by atoms with Gasteiger partial charge in [-0.1, -0.05) is 0 Å². The Morgan fingerprint density at radius 2 is 2.06 bits per heavy atom. The van der Waals surface area contributed by atoms with Crippen molar-refractivity contribution in [1.82, 2.24) is 0 Å². The highest BCUT2D eigenvalue weighted by molar-refractivity contribution is 7.70. The molecular weight excluding hydrogens is 241 g/mol. The minimum absolute atomic E-state index is 0.0610. The second-order valence-corrected chi connectivity index (χ2v) is 7.80. The average molecular weight is 255 g/mol. The van der Waals surface area contributed by atoms with Crippen LogP contribution in [0.3, 0.4) is 0 Å². The fourth-order valence-corrected chi connectivity index (χ4v) is 2.31. The number of ether oxygens (including phenoxy) is 1. The van der Waals surface area contributed by atoms with E-state index in [1.165, 1.54) is 12.1 Å². The Balaban J connectivity index is 2.41. The number of rotatable bonds is 4. The zero-order valence-corrected chi connectivity index (χ0v) is 10.6. The first kappa shape index (κ1) is 12.1. The van der Waals surface area contributed by atoms with Gasteiger partial charge in [-0.3, -0.25) is 10.1 Å². The predicted octanol–water partition coefficient (Wildman–Crippen LogP) is 2.38. The van der Waals surface area contributed by atoms with Gasteiger partial charge in [0.25, 0.3) is 0 Å². The highest BCUT2D eigenvalue weighted by Crippen LogP contribution is 2.39. The average Bonchev–Trinajstić information content (AvgIpc) is 2.99. The molecule has 0 heterocycles. The van der Waals surface area contributed by atoms with Crippen molar-refractivity contribution in [2.24, 2.45) is 0 Å². The number of nitro benzene ring substituents is 1. The standard InChI is InChI=1S/C11H14NO4P/c1-17(2,15)9-5-6-10(12(13)14)11(7-9)16-8-3-4-8/h5-8H,3-4H2,1-2H3. The molecule has 0 amide bonds. The second kappa shape index (κ2) is 4.15. The van der Waals surface area contributed by atoms with Gasteiger partial charge in [0.05, 0.1) is 11.0 Å². The van der Waals surface area contributed by atoms with Crippen LogP contribution in [0.5, 0.6) is 5.75 Å². The molecule has 1 saturated carbocycles. The van der Waals surface area contributed by atoms with Crippen LogP contribution in [-0.2, 0) is 4.57 Å². The van der Waals surface area contributed by atoms with Crippen LogP contribution in [0.1, 0.15) is 12.8 Å². The van der Waals surface area contributed by atoms with Gasteiger partial charge in [-0.25, -0.2) is 0 Å². The third-order valence-corrected chi connectivity index (χ3v) is 4.10. The topological polar surface area (TPSA) is 69.4 Å². The van der Waals surface area contributed by atoms with E-state index >= 15 is 0 Å². The molecule has 2 rings (SSSR count). The van der Waals surface area contributed by atoms with E-state index in [0.29, 0.717) is 5.30 Å². The van der Waals surface area contributed by atoms with Crippen molar-refractivity contribution in [3.05, 3.63) is 28.3 Å². The number of hydrogen-bond donors (Lipinski definition) is 0. The van der Waals surface area contributed by atoms with Crippen LogP contribution in [0.15, 0.2) is 18.2 Å². The molecule has 0 spiro atoms. The normalized spacial score (nSPS) is 15.6. The van der Waals surface area contributed by atoms with Crippen molar-refractivity contribution in [2.45, 2.75) is 18.9 Å². The lowest BCUT2D eigenvalue weighted by Crippen LogP contribution is -2.07. The van der Waals surface area contributed by atoms with Crippen molar-refractivity contribution in [3.8, 4) is 5.75 Å². The summed E-state index contributed by atoms with van der Waals surface area (Å²) in [5.41, 5.74) is -0.0610. The number of nitrogens with zero attached hydrogens (tertiary/aromatic N) is 1. The Labute approximate surface area is 99.3 Å². The van der Waals surface area contributed by atoms with Gasteiger partial charge in [0.15, 0.2) is 5.75 Å². The molecule has 1 aromatic carbocycles. The molecule has 1 aliphatic rings. The lowest BCUT2D eigenvalue weighted by atomic mass is 10.3. The first-order chi connectivity index (χ1) is 7.88. The van der Waals surface area contributed by atoms with Gasteiger partial charge >= 0.3 is 5.69 Å². The van der Waals surface area contributed by atoms with Crippen LogP contribution < -0.4 is 10.0 Å². The molecule has 0 unspecified atom stereocenters. The van der Waals surface area contributed by atoms with Gasteiger partial charge in [-0.2, -0.15) is 0 Å². The number of nitro groups is 1. The zero-order chi connectivity index (χ0) is 12.6. The molecular formula is C11H14NO4P. The highest BCUT2D eigenvalue weighted by Gasteiger charge is 2.28. The molecule has 0 radical (unpaired) electrons. The van der Waals surface area contributed by atoms with Gasteiger partial charge in [-0.15, -0.1) is 0 Å². The van der Waals surface area contributed by atoms with Crippen LogP contribution in [0, 0.1) is 10.1 Å². The van der Waals surface area contributed by atoms with Gasteiger partial charge in [0.2, 0.25) is 0 Å². The summed E-state index contributed by atoms with van der Waals surface area (Å²) >= 11 is 0. The summed E-state index contributed by atoms with van der Waals surface area (Å²) in [6.07, 6.45) is 1.94. The Morgan fingerprint density at radius 1 is 1.41 bits per heavy atom. The Morgan fingerprint density at radius 3 is 2.53 bits per heavy atom. The van der Waals surface area contributed by atoms with E-state index in [9.17, 15) is 14.7 Å². The van der Waals surface area contributed by atoms with Gasteiger partial charge in [0.1, 0.15) is 7.14 Å². The highest BCUT2D eigenvalue weighted by atomic mass is 31.2. The van der Waals surface area contributed by atoms with Gasteiger partial charge < -0.3 is 9.30 Å². The molecule has 1 aromatic rings. The first-order valence-electron chi connectivity index (χ1n) is 5.38. The lowest BCUT2D eigenvalue weighted by molar-refractivity contribution is -0.385. The van der Waals surface area contributed by atoms with E-state index in [1.54, 1.807) is 19.4 Å². The molecule has 0 atom stereocenters. The summed E-state index contributed by atoms with van der Waals surface area (Å²) in [5.74, 6) is 0.235. The van der Waals surface area contributed by atoms with Crippen LogP contribution in [-0.4, -0.2) is 24.4 Å². The quantitative estimate of drug-likeness (QED) is 0.470. The molecule has 17 heavy (non-hydrogen) atoms. The Bertz CT molecular complexity index is 504. The minimum atomic E-state index is -2.42. The Hall–Kier alpha value is -1.35. The van der Waals surface area contributed by atoms with Gasteiger partial charge in [-0.05, 0) is 38.3 Å². The molecule has 0 saturated heterocycles. The van der Waals surface area contributed by atoms with Crippen molar-refractivity contribution in [3.63, 3.8) is 0 Å². The summed E-state index contributed by atoms with van der Waals surface area (Å²) in [4.78, 5) is 10.4. The van der Waals surface area contributed by atoms with E-state index in [4.69, 9.17) is 4.74 Å². The van der Waals surface area contributed by atoms with Gasteiger partial charge in [0, 0.05) is 11.4 Å². The van der Waals surface area contributed by atoms with Crippen molar-refractivity contribution < 1.29 is 14.2 Å². The van der Waals surface area contributed by atoms with E-state index in [-0.39, 0.29) is 17.5 Å². The molecule has 92 valence electrons. The maximum atomic E-state index is 11.9. The zero-order valence-electron chi connectivity index (χ0n) is 9.75. The van der Waals surface area contributed by atoms with Crippen molar-refractivity contribution in [1.29, 1.82) is 0 Å². The molecule has 0 aliphatic heterocycles. The third-order valence-electron chi connectivity index (χ3n) is 2.58. The summed E-state index contributed by atoms with van der Waals surface area (Å²) in [5, 5.41) is 11.5. The minimum Gasteiger partial charge on any atom is -0.483 e. The third kappa shape index (κ3) is 2.86. The maximum Gasteiger partial charge on any atom is 0.310 e. The van der Waals surface area contributed by atoms with E-state index in [1.807, 2.05) is 0 Å². The number of hydrogen-bond acceptors (Lipinski definition) is 4. The summed E-state index contributed by atoms with van der Waals surface area (Å²) in [6, 6.07) is 4.45. The molecule has 0 bridgehead atoms. The smallest absolute Gasteiger partial charge is 0.310 e. The van der Waals surface area contributed by atoms with Crippen LogP contribution in [0.25, 0.3) is 0 Å². The summed E-state index contributed by atoms with van der Waals surface area (Å²) < 4.78 is 17.4. The number of benzene rings is 1. The predicted molar refractivity (Wildman–Crippen MR) is 65.8 cm³/mol. The molecule has 5 nitrogen and oxygen atoms in total. The fourth-order valence-electron chi connectivity index (χ4n) is 1.45. The summed E-state index contributed by atoms with van der Waals surface area (Å²) in [6.45, 7) is 3.27. The maximum absolute atomic E-state index is 11.9. The van der Waals surface area contributed by atoms with Crippen molar-refractivity contribution >= 4 is 18.1 Å². The van der Waals surface area contributed by atoms with Crippen molar-refractivity contribution in [2.75, 3.05) is 13.3 Å². The van der Waals surface area contributed by atoms with Crippen LogP contribution in [0.2, 0.25) is 0 Å². The molecule has 0 N–H and O–H groups in total. The Kier molecular flexibility index (Phi) is 2.96. The largest absolute Gasteiger partial charge is 0.483 e. The summed E-state index contributed by atoms with van der Waals surface area (Å²) in [7, 11) is -2.42. The lowest BCUT2D eigenvalue weighted by Gasteiger charge is -2.10.